The van der Waals surface area contributed by atoms with Gasteiger partial charge in [-0.1, -0.05) is 11.6 Å². The molecule has 0 bridgehead atoms. The van der Waals surface area contributed by atoms with Gasteiger partial charge in [-0.05, 0) is 57.2 Å². The van der Waals surface area contributed by atoms with Gasteiger partial charge in [-0.2, -0.15) is 18.4 Å². The fourth-order valence-corrected chi connectivity index (χ4v) is 6.84. The predicted molar refractivity (Wildman–Crippen MR) is 176 cm³/mol. The number of aromatic carboxylic acids is 1. The molecule has 1 N–H and O–H groups in total. The maximum Gasteiger partial charge on any atom is 0.417 e. The van der Waals surface area contributed by atoms with E-state index in [4.69, 9.17) is 16.3 Å². The molecule has 248 valence electrons. The first-order valence-corrected chi connectivity index (χ1v) is 15.7. The lowest BCUT2D eigenvalue weighted by Gasteiger charge is -2.19. The van der Waals surface area contributed by atoms with Crippen molar-refractivity contribution >= 4 is 50.0 Å². The number of hydrogen-bond donors (Lipinski definition) is 1. The van der Waals surface area contributed by atoms with Crippen molar-refractivity contribution in [2.75, 3.05) is 6.61 Å². The number of fused-ring (bicyclic) bond motifs is 2. The van der Waals surface area contributed by atoms with Gasteiger partial charge in [0, 0.05) is 50.2 Å². The lowest BCUT2D eigenvalue weighted by molar-refractivity contribution is -0.137. The zero-order chi connectivity index (χ0) is 35.4. The lowest BCUT2D eigenvalue weighted by atomic mass is 9.92. The summed E-state index contributed by atoms with van der Waals surface area (Å²) in [7, 11) is 0. The van der Waals surface area contributed by atoms with Crippen molar-refractivity contribution in [1.82, 2.24) is 19.5 Å². The number of rotatable bonds is 7. The first-order valence-electron chi connectivity index (χ1n) is 14.4. The average Bonchev–Trinajstić information content (AvgIpc) is 3.46. The highest BCUT2D eigenvalue weighted by molar-refractivity contribution is 7.18. The van der Waals surface area contributed by atoms with Crippen molar-refractivity contribution in [3.63, 3.8) is 0 Å². The first-order chi connectivity index (χ1) is 23.2. The Kier molecular flexibility index (Phi) is 8.60. The van der Waals surface area contributed by atoms with Crippen molar-refractivity contribution in [2.24, 2.45) is 0 Å². The number of pyridine rings is 2. The SMILES string of the molecule is Cc1cc(F)c(-c2c(C(F)(F)F)cc3nc(C)n(CCOc4ccc(Cl)cc4-c4cc(C)nc5c(C(=O)O)csc45)c(=O)c3c2C#N)cn1. The number of hydrogen-bond acceptors (Lipinski definition) is 8. The summed E-state index contributed by atoms with van der Waals surface area (Å²) in [5.41, 5.74) is -2.30. The minimum Gasteiger partial charge on any atom is -0.491 e. The molecule has 0 spiro atoms. The highest BCUT2D eigenvalue weighted by atomic mass is 35.5. The predicted octanol–water partition coefficient (Wildman–Crippen LogP) is 8.12. The second kappa shape index (κ2) is 12.6. The molecule has 2 aromatic carbocycles. The topological polar surface area (TPSA) is 131 Å². The summed E-state index contributed by atoms with van der Waals surface area (Å²) in [6.07, 6.45) is -4.12. The van der Waals surface area contributed by atoms with Crippen LogP contribution in [-0.4, -0.2) is 37.2 Å². The zero-order valence-electron chi connectivity index (χ0n) is 25.7. The lowest BCUT2D eigenvalue weighted by Crippen LogP contribution is -2.27. The average molecular weight is 708 g/mol. The molecule has 0 aliphatic rings. The summed E-state index contributed by atoms with van der Waals surface area (Å²) in [5, 5.41) is 21.2. The summed E-state index contributed by atoms with van der Waals surface area (Å²) in [5.74, 6) is -1.76. The van der Waals surface area contributed by atoms with Gasteiger partial charge in [0.1, 0.15) is 30.1 Å². The van der Waals surface area contributed by atoms with Gasteiger partial charge in [-0.15, -0.1) is 11.3 Å². The molecule has 49 heavy (non-hydrogen) atoms. The maximum atomic E-state index is 15.0. The molecule has 15 heteroatoms. The van der Waals surface area contributed by atoms with Crippen LogP contribution in [0.1, 0.15) is 38.7 Å². The molecular weight excluding hydrogens is 686 g/mol. The molecule has 0 saturated carbocycles. The van der Waals surface area contributed by atoms with E-state index in [-0.39, 0.29) is 35.8 Å². The van der Waals surface area contributed by atoms with Gasteiger partial charge in [0.25, 0.3) is 5.56 Å². The van der Waals surface area contributed by atoms with E-state index < -0.39 is 51.2 Å². The number of alkyl halides is 3. The summed E-state index contributed by atoms with van der Waals surface area (Å²) in [6, 6.07) is 9.89. The van der Waals surface area contributed by atoms with Crippen LogP contribution in [0.25, 0.3) is 43.4 Å². The van der Waals surface area contributed by atoms with Crippen molar-refractivity contribution in [3.8, 4) is 34.1 Å². The maximum absolute atomic E-state index is 15.0. The number of nitriles is 1. The monoisotopic (exact) mass is 707 g/mol. The van der Waals surface area contributed by atoms with Crippen LogP contribution >= 0.6 is 22.9 Å². The summed E-state index contributed by atoms with van der Waals surface area (Å²) in [6.45, 7) is 4.34. The highest BCUT2D eigenvalue weighted by Gasteiger charge is 2.37. The number of nitrogens with zero attached hydrogens (tertiary/aromatic N) is 5. The first kappa shape index (κ1) is 33.5. The van der Waals surface area contributed by atoms with Crippen molar-refractivity contribution in [2.45, 2.75) is 33.5 Å². The number of aryl methyl sites for hydroxylation is 3. The van der Waals surface area contributed by atoms with E-state index in [1.165, 1.54) is 30.6 Å². The summed E-state index contributed by atoms with van der Waals surface area (Å²) < 4.78 is 65.8. The van der Waals surface area contributed by atoms with Crippen LogP contribution in [0.15, 0.2) is 52.8 Å². The Morgan fingerprint density at radius 1 is 1.08 bits per heavy atom. The molecule has 0 unspecified atom stereocenters. The summed E-state index contributed by atoms with van der Waals surface area (Å²) in [4.78, 5) is 38.2. The third-order valence-corrected chi connectivity index (χ3v) is 9.04. The fourth-order valence-electron chi connectivity index (χ4n) is 5.65. The zero-order valence-corrected chi connectivity index (χ0v) is 27.3. The molecule has 0 atom stereocenters. The molecule has 0 aliphatic heterocycles. The second-order valence-electron chi connectivity index (χ2n) is 11.0. The van der Waals surface area contributed by atoms with E-state index in [0.29, 0.717) is 43.9 Å². The number of ether oxygens (including phenoxy) is 1. The van der Waals surface area contributed by atoms with E-state index >= 15 is 4.39 Å². The molecule has 0 radical (unpaired) electrons. The van der Waals surface area contributed by atoms with E-state index in [9.17, 15) is 33.1 Å². The number of halogens is 5. The molecule has 4 aromatic heterocycles. The summed E-state index contributed by atoms with van der Waals surface area (Å²) >= 11 is 7.54. The van der Waals surface area contributed by atoms with Crippen LogP contribution in [0, 0.1) is 37.9 Å². The molecule has 6 rings (SSSR count). The number of thiophene rings is 1. The Bertz CT molecular complexity index is 2450. The fraction of sp³-hybridized carbons (Fsp3) is 0.176. The standard InChI is InChI=1S/C34H22ClF4N5O4S/c1-15-9-25(36)22(13-41-15)28-21(12-40)29-26(11-24(28)34(37,38)39)43-17(3)44(32(29)45)6-7-48-27-5-4-18(35)10-19(27)20-8-16(2)42-30-23(33(46)47)14-49-31(20)30/h4-5,8-11,13-14H,6-7H2,1-3H3,(H,46,47). The van der Waals surface area contributed by atoms with Gasteiger partial charge in [0.2, 0.25) is 0 Å². The van der Waals surface area contributed by atoms with Gasteiger partial charge in [0.15, 0.2) is 0 Å². The molecule has 4 heterocycles. The third-order valence-electron chi connectivity index (χ3n) is 7.80. The van der Waals surface area contributed by atoms with Crippen molar-refractivity contribution < 1.29 is 32.2 Å². The third kappa shape index (κ3) is 6.07. The van der Waals surface area contributed by atoms with Gasteiger partial charge in [-0.25, -0.2) is 14.2 Å². The Hall–Kier alpha value is -5.39. The van der Waals surface area contributed by atoms with E-state index in [1.807, 2.05) is 0 Å². The van der Waals surface area contributed by atoms with Gasteiger partial charge >= 0.3 is 12.1 Å². The number of carbonyl (C=O) groups is 1. The van der Waals surface area contributed by atoms with Crippen LogP contribution in [0.4, 0.5) is 17.6 Å². The molecule has 0 aliphatic carbocycles. The Balaban J connectivity index is 1.43. The molecular formula is C34H22ClF4N5O4S. The molecule has 9 nitrogen and oxygen atoms in total. The smallest absolute Gasteiger partial charge is 0.417 e. The van der Waals surface area contributed by atoms with Crippen molar-refractivity contribution in [3.05, 3.63) is 103 Å². The van der Waals surface area contributed by atoms with Crippen LogP contribution in [-0.2, 0) is 12.7 Å². The normalized spacial score (nSPS) is 11.7. The van der Waals surface area contributed by atoms with E-state index in [1.54, 1.807) is 37.3 Å². The quantitative estimate of drug-likeness (QED) is 0.165. The highest BCUT2D eigenvalue weighted by Crippen LogP contribution is 2.43. The van der Waals surface area contributed by atoms with E-state index in [0.717, 1.165) is 16.8 Å². The van der Waals surface area contributed by atoms with Crippen LogP contribution in [0.3, 0.4) is 0 Å². The van der Waals surface area contributed by atoms with Crippen molar-refractivity contribution in [1.29, 1.82) is 5.26 Å². The Labute approximate surface area is 283 Å². The number of carboxylic acid groups (broad SMARTS) is 1. The largest absolute Gasteiger partial charge is 0.491 e. The Morgan fingerprint density at radius 3 is 2.51 bits per heavy atom. The number of benzene rings is 2. The van der Waals surface area contributed by atoms with Gasteiger partial charge in [0.05, 0.1) is 44.4 Å². The molecule has 6 aromatic rings. The molecule has 0 fully saturated rings. The number of carboxylic acids is 1. The van der Waals surface area contributed by atoms with Gasteiger partial charge < -0.3 is 9.84 Å². The second-order valence-corrected chi connectivity index (χ2v) is 12.3. The minimum atomic E-state index is -5.02. The number of aromatic nitrogens is 4. The van der Waals surface area contributed by atoms with Crippen LogP contribution in [0.2, 0.25) is 5.02 Å². The van der Waals surface area contributed by atoms with Crippen LogP contribution in [0.5, 0.6) is 5.75 Å². The van der Waals surface area contributed by atoms with Gasteiger partial charge in [-0.3, -0.25) is 19.3 Å². The molecule has 0 saturated heterocycles. The Morgan fingerprint density at radius 2 is 1.84 bits per heavy atom. The van der Waals surface area contributed by atoms with Crippen LogP contribution < -0.4 is 10.3 Å². The minimum absolute atomic E-state index is 0.0524. The molecule has 0 amide bonds. The van der Waals surface area contributed by atoms with E-state index in [2.05, 4.69) is 15.0 Å².